The molecule has 8 rings (SSSR count). The minimum absolute atomic E-state index is 0.896. The minimum Gasteiger partial charge on any atom is -0.314 e. The minimum atomic E-state index is 0.896. The van der Waals surface area contributed by atoms with E-state index in [1.165, 1.54) is 44.1 Å². The van der Waals surface area contributed by atoms with Gasteiger partial charge in [0.05, 0.1) is 0 Å². The molecular formula is C46H36N2. The lowest BCUT2D eigenvalue weighted by molar-refractivity contribution is 0.970. The van der Waals surface area contributed by atoms with Gasteiger partial charge in [0.2, 0.25) is 0 Å². The van der Waals surface area contributed by atoms with Crippen LogP contribution in [-0.2, 0) is 0 Å². The summed E-state index contributed by atoms with van der Waals surface area (Å²) < 4.78 is 0. The number of benzene rings is 7. The molecule has 7 aromatic rings. The molecule has 230 valence electrons. The maximum absolute atomic E-state index is 2.45. The van der Waals surface area contributed by atoms with E-state index in [1.807, 2.05) is 0 Å². The number of hydrogen-bond acceptors (Lipinski definition) is 2. The molecule has 0 fully saturated rings. The molecule has 0 aliphatic heterocycles. The molecule has 0 aromatic heterocycles. The summed E-state index contributed by atoms with van der Waals surface area (Å²) in [7, 11) is 0. The summed E-state index contributed by atoms with van der Waals surface area (Å²) >= 11 is 0. The van der Waals surface area contributed by atoms with Crippen molar-refractivity contribution >= 4 is 34.1 Å². The average Bonchev–Trinajstić information content (AvgIpc) is 3.18. The molecule has 48 heavy (non-hydrogen) atoms. The van der Waals surface area contributed by atoms with Crippen LogP contribution < -0.4 is 20.2 Å². The van der Waals surface area contributed by atoms with E-state index in [-0.39, 0.29) is 0 Å². The third-order valence-corrected chi connectivity index (χ3v) is 9.18. The Bertz CT molecular complexity index is 2080. The highest BCUT2D eigenvalue weighted by molar-refractivity contribution is 5.87. The number of fused-ring (bicyclic) bond motifs is 1. The maximum Gasteiger partial charge on any atom is 0.0459 e. The Morgan fingerprint density at radius 3 is 0.875 bits per heavy atom. The normalized spacial score (nSPS) is 12.3. The largest absolute Gasteiger partial charge is 0.314 e. The Labute approximate surface area is 282 Å². The number of hydrogen-bond donors (Lipinski definition) is 0. The first-order valence-corrected chi connectivity index (χ1v) is 16.7. The third-order valence-electron chi connectivity index (χ3n) is 9.18. The molecule has 0 spiro atoms. The summed E-state index contributed by atoms with van der Waals surface area (Å²) in [5.41, 5.74) is 12.1. The lowest BCUT2D eigenvalue weighted by atomic mass is 9.97. The quantitative estimate of drug-likeness (QED) is 0.168. The fourth-order valence-electron chi connectivity index (χ4n) is 6.90. The topological polar surface area (TPSA) is 6.48 Å². The van der Waals surface area contributed by atoms with Crippen molar-refractivity contribution in [2.24, 2.45) is 0 Å². The van der Waals surface area contributed by atoms with E-state index in [2.05, 4.69) is 204 Å². The fourth-order valence-corrected chi connectivity index (χ4v) is 6.90. The van der Waals surface area contributed by atoms with Crippen LogP contribution in [0.25, 0.3) is 33.6 Å². The molecular weight excluding hydrogens is 581 g/mol. The molecule has 2 nitrogen and oxygen atoms in total. The van der Waals surface area contributed by atoms with Crippen molar-refractivity contribution in [1.82, 2.24) is 0 Å². The van der Waals surface area contributed by atoms with Crippen molar-refractivity contribution in [3.8, 4) is 22.3 Å². The van der Waals surface area contributed by atoms with Gasteiger partial charge in [-0.05, 0) is 83.6 Å². The summed E-state index contributed by atoms with van der Waals surface area (Å²) in [5, 5.41) is 2.52. The molecule has 0 saturated heterocycles. The second-order valence-electron chi connectivity index (χ2n) is 12.1. The molecule has 0 saturated carbocycles. The first kappa shape index (κ1) is 29.3. The Morgan fingerprint density at radius 2 is 0.521 bits per heavy atom. The van der Waals surface area contributed by atoms with E-state index < -0.39 is 0 Å². The van der Waals surface area contributed by atoms with Gasteiger partial charge in [-0.2, -0.15) is 0 Å². The van der Waals surface area contributed by atoms with Crippen LogP contribution in [0.2, 0.25) is 0 Å². The van der Waals surface area contributed by atoms with Crippen molar-refractivity contribution in [3.05, 3.63) is 205 Å². The molecule has 1 aliphatic rings. The SMILES string of the molecule is c1ccc(-c2ccc(N(C3=c4ccccc4=C(N(c4ccccc4)c4ccc(-c5ccccc5)cc4)CC3)c3ccccc3)cc2)cc1. The fraction of sp³-hybridized carbons (Fsp3) is 0.0435. The van der Waals surface area contributed by atoms with Crippen LogP contribution in [0.1, 0.15) is 12.8 Å². The number of nitrogens with zero attached hydrogens (tertiary/aromatic N) is 2. The van der Waals surface area contributed by atoms with E-state index >= 15 is 0 Å². The molecule has 0 heterocycles. The van der Waals surface area contributed by atoms with Crippen molar-refractivity contribution in [2.75, 3.05) is 9.80 Å². The zero-order valence-electron chi connectivity index (χ0n) is 26.8. The maximum atomic E-state index is 2.45. The highest BCUT2D eigenvalue weighted by Gasteiger charge is 2.24. The molecule has 0 atom stereocenters. The summed E-state index contributed by atoms with van der Waals surface area (Å²) in [6.45, 7) is 0. The van der Waals surface area contributed by atoms with E-state index in [0.29, 0.717) is 0 Å². The summed E-state index contributed by atoms with van der Waals surface area (Å²) in [6.07, 6.45) is 1.79. The molecule has 1 aliphatic carbocycles. The van der Waals surface area contributed by atoms with E-state index in [4.69, 9.17) is 0 Å². The van der Waals surface area contributed by atoms with Gasteiger partial charge >= 0.3 is 0 Å². The summed E-state index contributed by atoms with van der Waals surface area (Å²) in [5.74, 6) is 0. The van der Waals surface area contributed by atoms with Gasteiger partial charge < -0.3 is 9.80 Å². The summed E-state index contributed by atoms with van der Waals surface area (Å²) in [4.78, 5) is 4.90. The number of rotatable bonds is 8. The van der Waals surface area contributed by atoms with Gasteiger partial charge in [-0.3, -0.25) is 0 Å². The second-order valence-corrected chi connectivity index (χ2v) is 12.1. The number of para-hydroxylation sites is 2. The highest BCUT2D eigenvalue weighted by atomic mass is 15.2. The molecule has 0 unspecified atom stereocenters. The van der Waals surface area contributed by atoms with Gasteiger partial charge in [-0.25, -0.2) is 0 Å². The zero-order chi connectivity index (χ0) is 32.1. The van der Waals surface area contributed by atoms with Gasteiger partial charge in [0, 0.05) is 44.6 Å². The lowest BCUT2D eigenvalue weighted by Crippen LogP contribution is -2.40. The van der Waals surface area contributed by atoms with Crippen molar-refractivity contribution in [1.29, 1.82) is 0 Å². The van der Waals surface area contributed by atoms with Gasteiger partial charge in [0.15, 0.2) is 0 Å². The van der Waals surface area contributed by atoms with Gasteiger partial charge in [0.1, 0.15) is 0 Å². The van der Waals surface area contributed by atoms with Crippen LogP contribution in [0, 0.1) is 0 Å². The average molecular weight is 617 g/mol. The molecule has 0 radical (unpaired) electrons. The van der Waals surface area contributed by atoms with Crippen LogP contribution in [0.15, 0.2) is 194 Å². The van der Waals surface area contributed by atoms with E-state index in [1.54, 1.807) is 0 Å². The third kappa shape index (κ3) is 5.81. The highest BCUT2D eigenvalue weighted by Crippen LogP contribution is 2.38. The summed E-state index contributed by atoms with van der Waals surface area (Å²) in [6, 6.07) is 69.7. The number of anilines is 4. The smallest absolute Gasteiger partial charge is 0.0459 e. The van der Waals surface area contributed by atoms with Gasteiger partial charge in [0.25, 0.3) is 0 Å². The lowest BCUT2D eigenvalue weighted by Gasteiger charge is -2.34. The van der Waals surface area contributed by atoms with Crippen LogP contribution in [0.4, 0.5) is 22.7 Å². The predicted molar refractivity (Wildman–Crippen MR) is 203 cm³/mol. The van der Waals surface area contributed by atoms with E-state index in [0.717, 1.165) is 35.6 Å². The second kappa shape index (κ2) is 13.3. The van der Waals surface area contributed by atoms with Crippen LogP contribution >= 0.6 is 0 Å². The Morgan fingerprint density at radius 1 is 0.250 bits per heavy atom. The Kier molecular flexibility index (Phi) is 8.13. The van der Waals surface area contributed by atoms with Crippen molar-refractivity contribution < 1.29 is 0 Å². The standard InChI is InChI=1S/C46H36N2/c1-5-15-35(16-6-1)37-25-29-41(30-26-37)47(39-19-9-3-10-20-39)45-33-34-46(44-24-14-13-23-43(44)45)48(40-21-11-4-12-22-40)42-31-27-38(28-32-42)36-17-7-2-8-18-36/h1-32H,33-34H2. The van der Waals surface area contributed by atoms with Gasteiger partial charge in [-0.1, -0.05) is 146 Å². The molecule has 0 amide bonds. The van der Waals surface area contributed by atoms with Crippen molar-refractivity contribution in [3.63, 3.8) is 0 Å². The van der Waals surface area contributed by atoms with Gasteiger partial charge in [-0.15, -0.1) is 0 Å². The predicted octanol–water partition coefficient (Wildman–Crippen LogP) is 10.7. The first-order valence-electron chi connectivity index (χ1n) is 16.7. The monoisotopic (exact) mass is 616 g/mol. The molecule has 0 N–H and O–H groups in total. The van der Waals surface area contributed by atoms with Crippen LogP contribution in [0.5, 0.6) is 0 Å². The van der Waals surface area contributed by atoms with Crippen LogP contribution in [0.3, 0.4) is 0 Å². The molecule has 0 bridgehead atoms. The van der Waals surface area contributed by atoms with Crippen LogP contribution in [-0.4, -0.2) is 0 Å². The Hall–Kier alpha value is -6.12. The Balaban J connectivity index is 1.29. The van der Waals surface area contributed by atoms with Crippen molar-refractivity contribution in [2.45, 2.75) is 12.8 Å². The zero-order valence-corrected chi connectivity index (χ0v) is 26.8. The molecule has 7 aromatic carbocycles. The van der Waals surface area contributed by atoms with E-state index in [9.17, 15) is 0 Å². The molecule has 2 heteroatoms. The first-order chi connectivity index (χ1) is 23.8.